The van der Waals surface area contributed by atoms with E-state index in [2.05, 4.69) is 0 Å². The fourth-order valence-electron chi connectivity index (χ4n) is 0. The van der Waals surface area contributed by atoms with Crippen molar-refractivity contribution in [2.45, 2.75) is 0 Å². The molecule has 0 fully saturated rings. The van der Waals surface area contributed by atoms with Crippen LogP contribution in [0.15, 0.2) is 0 Å². The van der Waals surface area contributed by atoms with Crippen molar-refractivity contribution in [2.75, 3.05) is 0 Å². The first-order valence-corrected chi connectivity index (χ1v) is 0. The van der Waals surface area contributed by atoms with Gasteiger partial charge in [-0.3, -0.25) is 0 Å². The molecule has 0 aliphatic rings. The summed E-state index contributed by atoms with van der Waals surface area (Å²) < 4.78 is 0. The van der Waals surface area contributed by atoms with Crippen LogP contribution >= 0.6 is 0 Å². The fraction of sp³-hybridized carbons (Fsp3) is 0. The Morgan fingerprint density at radius 3 is 0.333 bits per heavy atom. The van der Waals surface area contributed by atoms with E-state index in [0.29, 0.717) is 0 Å². The van der Waals surface area contributed by atoms with Gasteiger partial charge in [0.05, 0.1) is 0 Å². The molecule has 0 amide bonds. The Kier molecular flexibility index (Phi) is 1030. The van der Waals surface area contributed by atoms with Crippen LogP contribution in [0.5, 0.6) is 0 Å². The molecule has 4 N–H and O–H groups in total. The zero-order chi connectivity index (χ0) is 0. The third kappa shape index (κ3) is 37.5. The van der Waals surface area contributed by atoms with Crippen LogP contribution in [0.4, 0.5) is 0 Å². The molecule has 6 heavy (non-hydrogen) atoms. The molecule has 0 rings (SSSR count). The molecule has 0 saturated carbocycles. The van der Waals surface area contributed by atoms with E-state index in [0.717, 1.165) is 0 Å². The van der Waals surface area contributed by atoms with Gasteiger partial charge in [-0.2, -0.15) is 0 Å². The predicted molar refractivity (Wildman–Crippen MR) is 7.23 cm³/mol. The molecule has 0 unspecified atom stereocenters. The minimum absolute atomic E-state index is 0. The van der Waals surface area contributed by atoms with E-state index < -0.39 is 0 Å². The maximum Gasteiger partial charge on any atom is 0 e. The first-order chi connectivity index (χ1) is 0. The van der Waals surface area contributed by atoms with Crippen LogP contribution in [0.2, 0.25) is 0 Å². The van der Waals surface area contributed by atoms with Gasteiger partial charge in [0.25, 0.3) is 0 Å². The Labute approximate surface area is 78.7 Å². The SMILES string of the molecule is O.O.[Cu].[Cu].[Cu].[Cu]. The van der Waals surface area contributed by atoms with Crippen LogP contribution in [-0.4, -0.2) is 11.0 Å². The van der Waals surface area contributed by atoms with Crippen molar-refractivity contribution in [3.8, 4) is 0 Å². The first-order valence-electron chi connectivity index (χ1n) is 0. The summed E-state index contributed by atoms with van der Waals surface area (Å²) in [6, 6.07) is 0. The molecule has 0 spiro atoms. The molecule has 0 aliphatic heterocycles. The van der Waals surface area contributed by atoms with Crippen LogP contribution in [0.3, 0.4) is 0 Å². The van der Waals surface area contributed by atoms with Crippen molar-refractivity contribution in [1.29, 1.82) is 0 Å². The molecule has 0 aromatic heterocycles. The van der Waals surface area contributed by atoms with E-state index in [4.69, 9.17) is 0 Å². The van der Waals surface area contributed by atoms with Gasteiger partial charge in [0, 0.05) is 68.3 Å². The standard InChI is InChI=1S/4Cu.2H2O/h;;;;2*1H2. The van der Waals surface area contributed by atoms with Gasteiger partial charge in [0.2, 0.25) is 0 Å². The van der Waals surface area contributed by atoms with Gasteiger partial charge in [0.15, 0.2) is 0 Å². The molecular formula is H4Cu4O2. The average Bonchev–Trinajstić information content (AvgIpc) is 0. The van der Waals surface area contributed by atoms with Crippen LogP contribution in [0, 0.1) is 0 Å². The molecule has 0 aliphatic carbocycles. The van der Waals surface area contributed by atoms with Gasteiger partial charge < -0.3 is 11.0 Å². The van der Waals surface area contributed by atoms with E-state index in [-0.39, 0.29) is 79.2 Å². The Bertz CT molecular complexity index is 5.51. The van der Waals surface area contributed by atoms with E-state index in [1.54, 1.807) is 0 Å². The van der Waals surface area contributed by atoms with E-state index in [9.17, 15) is 0 Å². The van der Waals surface area contributed by atoms with Crippen molar-refractivity contribution in [1.82, 2.24) is 0 Å². The van der Waals surface area contributed by atoms with Crippen molar-refractivity contribution >= 4 is 0 Å². The smallest absolute Gasteiger partial charge is 0 e. The second-order valence-corrected chi connectivity index (χ2v) is 0. The summed E-state index contributed by atoms with van der Waals surface area (Å²) in [7, 11) is 0. The van der Waals surface area contributed by atoms with Crippen LogP contribution in [0.25, 0.3) is 0 Å². The van der Waals surface area contributed by atoms with Crippen LogP contribution < -0.4 is 0 Å². The molecule has 2 nitrogen and oxygen atoms in total. The Hall–Kier alpha value is 2.00. The Morgan fingerprint density at radius 2 is 0.333 bits per heavy atom. The van der Waals surface area contributed by atoms with E-state index in [1.807, 2.05) is 0 Å². The molecule has 0 saturated heterocycles. The molecule has 0 aromatic rings. The van der Waals surface area contributed by atoms with E-state index >= 15 is 0 Å². The minimum Gasteiger partial charge on any atom is -0.412 e. The van der Waals surface area contributed by atoms with Gasteiger partial charge in [-0.25, -0.2) is 0 Å². The third-order valence-corrected chi connectivity index (χ3v) is 0. The monoisotopic (exact) mass is 288 g/mol. The van der Waals surface area contributed by atoms with Gasteiger partial charge in [0.1, 0.15) is 0 Å². The average molecular weight is 290 g/mol. The largest absolute Gasteiger partial charge is 0.412 e. The zero-order valence-corrected chi connectivity index (χ0v) is 5.97. The third-order valence-electron chi connectivity index (χ3n) is 0. The molecule has 0 bridgehead atoms. The summed E-state index contributed by atoms with van der Waals surface area (Å²) in [5.74, 6) is 0. The Balaban J connectivity index is 0. The minimum atomic E-state index is 0. The van der Waals surface area contributed by atoms with Gasteiger partial charge in [-0.1, -0.05) is 0 Å². The van der Waals surface area contributed by atoms with Crippen LogP contribution in [0.1, 0.15) is 0 Å². The predicted octanol–water partition coefficient (Wildman–Crippen LogP) is -1.66. The van der Waals surface area contributed by atoms with Crippen molar-refractivity contribution in [3.63, 3.8) is 0 Å². The molecule has 0 atom stereocenters. The second-order valence-electron chi connectivity index (χ2n) is 0. The zero-order valence-electron chi connectivity index (χ0n) is 2.21. The molecule has 4 radical (unpaired) electrons. The summed E-state index contributed by atoms with van der Waals surface area (Å²) in [4.78, 5) is 0. The molecule has 6 heteroatoms. The number of hydrogen-bond acceptors (Lipinski definition) is 0. The van der Waals surface area contributed by atoms with Gasteiger partial charge in [-0.05, 0) is 0 Å². The second kappa shape index (κ2) is 63.1. The molecule has 0 heterocycles. The van der Waals surface area contributed by atoms with Crippen molar-refractivity contribution < 1.29 is 79.2 Å². The Morgan fingerprint density at radius 1 is 0.333 bits per heavy atom. The quantitative estimate of drug-likeness (QED) is 0.480. The summed E-state index contributed by atoms with van der Waals surface area (Å²) in [5.41, 5.74) is 0. The van der Waals surface area contributed by atoms with Crippen molar-refractivity contribution in [2.24, 2.45) is 0 Å². The number of rotatable bonds is 0. The first kappa shape index (κ1) is 98.1. The fourth-order valence-corrected chi connectivity index (χ4v) is 0. The summed E-state index contributed by atoms with van der Waals surface area (Å²) >= 11 is 0. The topological polar surface area (TPSA) is 63.0 Å². The number of hydrogen-bond donors (Lipinski definition) is 0. The van der Waals surface area contributed by atoms with E-state index in [1.165, 1.54) is 0 Å². The normalized spacial score (nSPS) is 0. The maximum atomic E-state index is 0. The van der Waals surface area contributed by atoms with Crippen molar-refractivity contribution in [3.05, 3.63) is 0 Å². The summed E-state index contributed by atoms with van der Waals surface area (Å²) in [6.45, 7) is 0. The maximum absolute atomic E-state index is 0. The molecule has 60 valence electrons. The molecular weight excluding hydrogens is 286 g/mol. The summed E-state index contributed by atoms with van der Waals surface area (Å²) in [6.07, 6.45) is 0. The van der Waals surface area contributed by atoms with Gasteiger partial charge in [-0.15, -0.1) is 0 Å². The summed E-state index contributed by atoms with van der Waals surface area (Å²) in [5, 5.41) is 0. The van der Waals surface area contributed by atoms with Crippen LogP contribution in [-0.2, 0) is 68.3 Å². The van der Waals surface area contributed by atoms with Gasteiger partial charge >= 0.3 is 0 Å². The molecule has 0 aromatic carbocycles.